The molecule has 8 heteroatoms. The van der Waals surface area contributed by atoms with Gasteiger partial charge in [0.05, 0.1) is 34.1 Å². The van der Waals surface area contributed by atoms with Gasteiger partial charge in [0.2, 0.25) is 0 Å². The van der Waals surface area contributed by atoms with Gasteiger partial charge in [0.25, 0.3) is 5.91 Å². The van der Waals surface area contributed by atoms with Gasteiger partial charge in [0.1, 0.15) is 17.3 Å². The molecule has 0 radical (unpaired) electrons. The summed E-state index contributed by atoms with van der Waals surface area (Å²) in [7, 11) is 1.63. The largest absolute Gasteiger partial charge is 0.497 e. The van der Waals surface area contributed by atoms with Gasteiger partial charge in [-0.3, -0.25) is 4.79 Å². The normalized spacial score (nSPS) is 16.1. The average Bonchev–Trinajstić information content (AvgIpc) is 3.52. The average molecular weight is 479 g/mol. The van der Waals surface area contributed by atoms with Crippen LogP contribution in [0.4, 0.5) is 0 Å². The molecule has 33 heavy (non-hydrogen) atoms. The minimum Gasteiger partial charge on any atom is -0.497 e. The molecule has 5 rings (SSSR count). The number of amides is 1. The number of carbonyl (C=O) groups is 1. The van der Waals surface area contributed by atoms with Gasteiger partial charge in [-0.25, -0.2) is 9.97 Å². The molecule has 1 unspecified atom stereocenters. The Morgan fingerprint density at radius 1 is 1.27 bits per heavy atom. The summed E-state index contributed by atoms with van der Waals surface area (Å²) in [5.41, 5.74) is 4.98. The van der Waals surface area contributed by atoms with E-state index in [1.54, 1.807) is 7.11 Å². The first-order valence-corrected chi connectivity index (χ1v) is 11.8. The molecule has 0 spiro atoms. The molecule has 168 valence electrons. The number of nitrogens with zero attached hydrogens (tertiary/aromatic N) is 3. The Hall–Kier alpha value is -3.16. The minimum absolute atomic E-state index is 0.129. The molecule has 1 N–H and O–H groups in total. The fourth-order valence-corrected chi connectivity index (χ4v) is 5.35. The lowest BCUT2D eigenvalue weighted by atomic mass is 10.1. The van der Waals surface area contributed by atoms with Crippen molar-refractivity contribution in [1.29, 1.82) is 0 Å². The van der Waals surface area contributed by atoms with E-state index in [2.05, 4.69) is 16.5 Å². The zero-order valence-electron chi connectivity index (χ0n) is 18.6. The molecular formula is C25H23ClN4O2S. The maximum atomic E-state index is 13.8. The summed E-state index contributed by atoms with van der Waals surface area (Å²) in [6.07, 6.45) is 0.649. The molecule has 1 amide bonds. The standard InChI is InChI=1S/C25H23ClN4O2S/c1-13-10-20(24-28-19-9-8-18(26)14(2)21(19)29-24)30(12-13)25(31)22-23(33-15(3)27-22)16-6-5-7-17(11-16)32-4/h5-9,11,20H,1,10,12H2,2-4H3,(H,28,29). The maximum Gasteiger partial charge on any atom is 0.274 e. The highest BCUT2D eigenvalue weighted by molar-refractivity contribution is 7.15. The van der Waals surface area contributed by atoms with Crippen molar-refractivity contribution in [1.82, 2.24) is 19.9 Å². The molecule has 0 bridgehead atoms. The van der Waals surface area contributed by atoms with E-state index in [-0.39, 0.29) is 11.9 Å². The summed E-state index contributed by atoms with van der Waals surface area (Å²) in [4.78, 5) is 29.3. The fourth-order valence-electron chi connectivity index (χ4n) is 4.29. The van der Waals surface area contributed by atoms with Gasteiger partial charge >= 0.3 is 0 Å². The van der Waals surface area contributed by atoms with E-state index in [4.69, 9.17) is 21.3 Å². The summed E-state index contributed by atoms with van der Waals surface area (Å²) in [6, 6.07) is 11.2. The maximum absolute atomic E-state index is 13.8. The van der Waals surface area contributed by atoms with Crippen LogP contribution in [0, 0.1) is 13.8 Å². The number of imidazole rings is 1. The van der Waals surface area contributed by atoms with E-state index in [0.717, 1.165) is 49.2 Å². The van der Waals surface area contributed by atoms with Crippen LogP contribution >= 0.6 is 22.9 Å². The van der Waals surface area contributed by atoms with Crippen molar-refractivity contribution < 1.29 is 9.53 Å². The van der Waals surface area contributed by atoms with Gasteiger partial charge < -0.3 is 14.6 Å². The lowest BCUT2D eigenvalue weighted by molar-refractivity contribution is 0.0728. The molecule has 1 aliphatic rings. The zero-order chi connectivity index (χ0) is 23.3. The summed E-state index contributed by atoms with van der Waals surface area (Å²) < 4.78 is 5.37. The van der Waals surface area contributed by atoms with Crippen molar-refractivity contribution in [2.24, 2.45) is 0 Å². The summed E-state index contributed by atoms with van der Waals surface area (Å²) >= 11 is 7.79. The highest BCUT2D eigenvalue weighted by Crippen LogP contribution is 2.39. The van der Waals surface area contributed by atoms with Gasteiger partial charge in [-0.2, -0.15) is 0 Å². The number of hydrogen-bond acceptors (Lipinski definition) is 5. The number of aromatic nitrogens is 3. The number of aryl methyl sites for hydroxylation is 2. The number of fused-ring (bicyclic) bond motifs is 1. The predicted molar refractivity (Wildman–Crippen MR) is 132 cm³/mol. The van der Waals surface area contributed by atoms with Crippen molar-refractivity contribution in [3.63, 3.8) is 0 Å². The number of aromatic amines is 1. The SMILES string of the molecule is C=C1CC(c2nc3c(C)c(Cl)ccc3[nH]2)N(C(=O)c2nc(C)sc2-c2cccc(OC)c2)C1. The number of carbonyl (C=O) groups excluding carboxylic acids is 1. The van der Waals surface area contributed by atoms with Gasteiger partial charge in [-0.15, -0.1) is 11.3 Å². The number of thiazole rings is 1. The van der Waals surface area contributed by atoms with E-state index >= 15 is 0 Å². The van der Waals surface area contributed by atoms with Crippen molar-refractivity contribution in [2.75, 3.05) is 13.7 Å². The van der Waals surface area contributed by atoms with Crippen molar-refractivity contribution in [2.45, 2.75) is 26.3 Å². The molecule has 1 saturated heterocycles. The first-order chi connectivity index (χ1) is 15.9. The zero-order valence-corrected chi connectivity index (χ0v) is 20.2. The second-order valence-electron chi connectivity index (χ2n) is 8.24. The van der Waals surface area contributed by atoms with E-state index in [1.807, 2.05) is 55.1 Å². The Labute approximate surface area is 200 Å². The van der Waals surface area contributed by atoms with Crippen LogP contribution in [0.3, 0.4) is 0 Å². The number of hydrogen-bond donors (Lipinski definition) is 1. The number of H-pyrrole nitrogens is 1. The highest BCUT2D eigenvalue weighted by Gasteiger charge is 2.37. The minimum atomic E-state index is -0.240. The second-order valence-corrected chi connectivity index (χ2v) is 9.85. The van der Waals surface area contributed by atoms with Crippen LogP contribution in [0.1, 0.15) is 39.3 Å². The Morgan fingerprint density at radius 3 is 2.88 bits per heavy atom. The molecule has 0 saturated carbocycles. The molecule has 6 nitrogen and oxygen atoms in total. The van der Waals surface area contributed by atoms with Crippen LogP contribution in [-0.4, -0.2) is 39.4 Å². The third kappa shape index (κ3) is 3.81. The second kappa shape index (κ2) is 8.32. The number of nitrogens with one attached hydrogen (secondary N) is 1. The Balaban J connectivity index is 1.55. The summed E-state index contributed by atoms with van der Waals surface area (Å²) in [5, 5.41) is 1.50. The Bertz CT molecular complexity index is 1410. The molecule has 1 fully saturated rings. The van der Waals surface area contributed by atoms with Gasteiger partial charge in [-0.05, 0) is 55.7 Å². The van der Waals surface area contributed by atoms with Gasteiger partial charge in [0, 0.05) is 11.6 Å². The molecule has 2 aromatic carbocycles. The van der Waals surface area contributed by atoms with Crippen LogP contribution in [0.15, 0.2) is 48.6 Å². The van der Waals surface area contributed by atoms with Crippen LogP contribution < -0.4 is 4.74 Å². The van der Waals surface area contributed by atoms with Crippen molar-refractivity contribution >= 4 is 39.9 Å². The van der Waals surface area contributed by atoms with Crippen LogP contribution in [0.5, 0.6) is 5.75 Å². The first kappa shape index (κ1) is 21.7. The van der Waals surface area contributed by atoms with E-state index in [9.17, 15) is 4.79 Å². The van der Waals surface area contributed by atoms with Crippen molar-refractivity contribution in [3.8, 4) is 16.2 Å². The fraction of sp³-hybridized carbons (Fsp3) is 0.240. The Morgan fingerprint density at radius 2 is 2.09 bits per heavy atom. The lowest BCUT2D eigenvalue weighted by Crippen LogP contribution is -2.31. The van der Waals surface area contributed by atoms with Gasteiger partial charge in [-0.1, -0.05) is 35.9 Å². The number of likely N-dealkylation sites (tertiary alicyclic amines) is 1. The summed E-state index contributed by atoms with van der Waals surface area (Å²) in [5.74, 6) is 1.34. The quantitative estimate of drug-likeness (QED) is 0.359. The molecule has 3 heterocycles. The predicted octanol–water partition coefficient (Wildman–Crippen LogP) is 6.11. The highest BCUT2D eigenvalue weighted by atomic mass is 35.5. The number of ether oxygens (including phenoxy) is 1. The topological polar surface area (TPSA) is 71.1 Å². The third-order valence-corrected chi connectivity index (χ3v) is 7.39. The molecular weight excluding hydrogens is 456 g/mol. The molecule has 1 aliphatic heterocycles. The Kier molecular flexibility index (Phi) is 5.46. The smallest absolute Gasteiger partial charge is 0.274 e. The number of methoxy groups -OCH3 is 1. The number of benzene rings is 2. The number of rotatable bonds is 4. The molecule has 0 aliphatic carbocycles. The third-order valence-electron chi connectivity index (χ3n) is 5.96. The number of halogens is 1. The van der Waals surface area contributed by atoms with Crippen LogP contribution in [-0.2, 0) is 0 Å². The molecule has 4 aromatic rings. The van der Waals surface area contributed by atoms with Crippen LogP contribution in [0.2, 0.25) is 5.02 Å². The monoisotopic (exact) mass is 478 g/mol. The lowest BCUT2D eigenvalue weighted by Gasteiger charge is -2.22. The van der Waals surface area contributed by atoms with Gasteiger partial charge in [0.15, 0.2) is 0 Å². The summed E-state index contributed by atoms with van der Waals surface area (Å²) in [6.45, 7) is 8.49. The van der Waals surface area contributed by atoms with Crippen LogP contribution in [0.25, 0.3) is 21.5 Å². The first-order valence-electron chi connectivity index (χ1n) is 10.6. The van der Waals surface area contributed by atoms with E-state index in [1.165, 1.54) is 11.3 Å². The molecule has 2 aromatic heterocycles. The van der Waals surface area contributed by atoms with E-state index in [0.29, 0.717) is 23.7 Å². The molecule has 1 atom stereocenters. The van der Waals surface area contributed by atoms with Crippen molar-refractivity contribution in [3.05, 3.63) is 75.7 Å². The van der Waals surface area contributed by atoms with E-state index < -0.39 is 0 Å².